The second-order valence-electron chi connectivity index (χ2n) is 2.76. The quantitative estimate of drug-likeness (QED) is 0.591. The lowest BCUT2D eigenvalue weighted by molar-refractivity contribution is -0.0773. The topological polar surface area (TPSA) is 29.5 Å². The van der Waals surface area contributed by atoms with Crippen LogP contribution in [0.4, 0.5) is 0 Å². The molecule has 1 saturated heterocycles. The highest BCUT2D eigenvalue weighted by Crippen LogP contribution is 2.24. The van der Waals surface area contributed by atoms with Crippen molar-refractivity contribution < 1.29 is 9.84 Å². The maximum Gasteiger partial charge on any atom is 0.177 e. The van der Waals surface area contributed by atoms with E-state index in [-0.39, 0.29) is 6.10 Å². The zero-order valence-corrected chi connectivity index (χ0v) is 6.34. The molecule has 2 nitrogen and oxygen atoms in total. The van der Waals surface area contributed by atoms with Crippen molar-refractivity contribution >= 4 is 0 Å². The Morgan fingerprint density at radius 1 is 1.80 bits per heavy atom. The lowest BCUT2D eigenvalue weighted by atomic mass is 10.1. The van der Waals surface area contributed by atoms with Crippen molar-refractivity contribution in [2.45, 2.75) is 38.6 Å². The molecule has 2 atom stereocenters. The molecule has 1 rings (SSSR count). The van der Waals surface area contributed by atoms with E-state index in [1.54, 1.807) is 0 Å². The van der Waals surface area contributed by atoms with Crippen molar-refractivity contribution in [1.29, 1.82) is 0 Å². The van der Waals surface area contributed by atoms with Gasteiger partial charge in [-0.2, -0.15) is 0 Å². The highest BCUT2D eigenvalue weighted by Gasteiger charge is 2.25. The van der Waals surface area contributed by atoms with Crippen molar-refractivity contribution in [2.24, 2.45) is 0 Å². The molecule has 0 saturated carbocycles. The van der Waals surface area contributed by atoms with Crippen LogP contribution in [0, 0.1) is 0 Å². The van der Waals surface area contributed by atoms with Gasteiger partial charge in [0.05, 0.1) is 6.10 Å². The normalized spacial score (nSPS) is 33.2. The SMILES string of the molecule is C=C1CC(CCC)OC1O. The predicted molar refractivity (Wildman–Crippen MR) is 39.5 cm³/mol. The van der Waals surface area contributed by atoms with Gasteiger partial charge in [-0.3, -0.25) is 0 Å². The first-order chi connectivity index (χ1) is 4.74. The van der Waals surface area contributed by atoms with Crippen molar-refractivity contribution in [3.8, 4) is 0 Å². The third-order valence-corrected chi connectivity index (χ3v) is 1.77. The summed E-state index contributed by atoms with van der Waals surface area (Å²) >= 11 is 0. The van der Waals surface area contributed by atoms with Crippen LogP contribution in [0.1, 0.15) is 26.2 Å². The summed E-state index contributed by atoms with van der Waals surface area (Å²) in [7, 11) is 0. The molecule has 0 amide bonds. The van der Waals surface area contributed by atoms with Crippen LogP contribution in [0.2, 0.25) is 0 Å². The average Bonchev–Trinajstić information content (AvgIpc) is 2.14. The van der Waals surface area contributed by atoms with E-state index in [0.29, 0.717) is 0 Å². The molecule has 1 aliphatic heterocycles. The van der Waals surface area contributed by atoms with Gasteiger partial charge >= 0.3 is 0 Å². The standard InChI is InChI=1S/C8H14O2/c1-3-4-7-5-6(2)8(9)10-7/h7-9H,2-5H2,1H3. The van der Waals surface area contributed by atoms with Crippen LogP contribution in [-0.2, 0) is 4.74 Å². The van der Waals surface area contributed by atoms with Gasteiger partial charge in [-0.15, -0.1) is 0 Å². The lowest BCUT2D eigenvalue weighted by Crippen LogP contribution is -2.09. The minimum absolute atomic E-state index is 0.215. The van der Waals surface area contributed by atoms with Gasteiger partial charge < -0.3 is 9.84 Å². The monoisotopic (exact) mass is 142 g/mol. The molecule has 0 radical (unpaired) electrons. The zero-order valence-electron chi connectivity index (χ0n) is 6.34. The molecule has 0 aromatic rings. The van der Waals surface area contributed by atoms with E-state index in [1.165, 1.54) is 0 Å². The Hall–Kier alpha value is -0.340. The minimum Gasteiger partial charge on any atom is -0.364 e. The first kappa shape index (κ1) is 7.76. The summed E-state index contributed by atoms with van der Waals surface area (Å²) in [4.78, 5) is 0. The van der Waals surface area contributed by atoms with Gasteiger partial charge in [-0.1, -0.05) is 19.9 Å². The highest BCUT2D eigenvalue weighted by atomic mass is 16.6. The summed E-state index contributed by atoms with van der Waals surface area (Å²) in [5, 5.41) is 9.07. The molecular weight excluding hydrogens is 128 g/mol. The Balaban J connectivity index is 2.34. The van der Waals surface area contributed by atoms with Crippen LogP contribution in [0.5, 0.6) is 0 Å². The Kier molecular flexibility index (Phi) is 2.46. The van der Waals surface area contributed by atoms with Crippen LogP contribution in [-0.4, -0.2) is 17.5 Å². The molecule has 0 aromatic heterocycles. The van der Waals surface area contributed by atoms with E-state index in [1.807, 2.05) is 0 Å². The third-order valence-electron chi connectivity index (χ3n) is 1.77. The fraction of sp³-hybridized carbons (Fsp3) is 0.750. The van der Waals surface area contributed by atoms with Crippen molar-refractivity contribution in [3.05, 3.63) is 12.2 Å². The number of aliphatic hydroxyl groups is 1. The Bertz CT molecular complexity index is 131. The number of hydrogen-bond donors (Lipinski definition) is 1. The van der Waals surface area contributed by atoms with E-state index < -0.39 is 6.29 Å². The van der Waals surface area contributed by atoms with Crippen LogP contribution in [0.15, 0.2) is 12.2 Å². The van der Waals surface area contributed by atoms with Crippen molar-refractivity contribution in [1.82, 2.24) is 0 Å². The summed E-state index contributed by atoms with van der Waals surface area (Å²) in [6.07, 6.45) is 2.47. The Morgan fingerprint density at radius 2 is 2.50 bits per heavy atom. The first-order valence-corrected chi connectivity index (χ1v) is 3.75. The van der Waals surface area contributed by atoms with Crippen LogP contribution >= 0.6 is 0 Å². The van der Waals surface area contributed by atoms with Gasteiger partial charge in [0.2, 0.25) is 0 Å². The summed E-state index contributed by atoms with van der Waals surface area (Å²) in [6, 6.07) is 0. The molecule has 2 unspecified atom stereocenters. The second kappa shape index (κ2) is 3.17. The van der Waals surface area contributed by atoms with Crippen LogP contribution in [0.3, 0.4) is 0 Å². The van der Waals surface area contributed by atoms with E-state index in [0.717, 1.165) is 24.8 Å². The average molecular weight is 142 g/mol. The van der Waals surface area contributed by atoms with Gasteiger partial charge in [-0.05, 0) is 18.4 Å². The van der Waals surface area contributed by atoms with E-state index in [4.69, 9.17) is 9.84 Å². The summed E-state index contributed by atoms with van der Waals surface area (Å²) in [5.74, 6) is 0. The molecule has 1 heterocycles. The summed E-state index contributed by atoms with van der Waals surface area (Å²) in [5.41, 5.74) is 0.818. The van der Waals surface area contributed by atoms with Gasteiger partial charge in [0.1, 0.15) is 0 Å². The van der Waals surface area contributed by atoms with Crippen molar-refractivity contribution in [3.63, 3.8) is 0 Å². The number of rotatable bonds is 2. The van der Waals surface area contributed by atoms with Gasteiger partial charge in [-0.25, -0.2) is 0 Å². The Labute approximate surface area is 61.5 Å². The second-order valence-corrected chi connectivity index (χ2v) is 2.76. The Morgan fingerprint density at radius 3 is 2.90 bits per heavy atom. The predicted octanol–water partition coefficient (Wildman–Crippen LogP) is 1.45. The minimum atomic E-state index is -0.698. The lowest BCUT2D eigenvalue weighted by Gasteiger charge is -2.06. The molecule has 0 aromatic carbocycles. The number of aliphatic hydroxyl groups excluding tert-OH is 1. The number of ether oxygens (including phenoxy) is 1. The maximum absolute atomic E-state index is 9.07. The molecule has 0 aliphatic carbocycles. The molecule has 10 heavy (non-hydrogen) atoms. The summed E-state index contributed by atoms with van der Waals surface area (Å²) < 4.78 is 5.17. The summed E-state index contributed by atoms with van der Waals surface area (Å²) in [6.45, 7) is 5.80. The van der Waals surface area contributed by atoms with E-state index in [2.05, 4.69) is 13.5 Å². The largest absolute Gasteiger partial charge is 0.364 e. The highest BCUT2D eigenvalue weighted by molar-refractivity contribution is 5.04. The van der Waals surface area contributed by atoms with Crippen LogP contribution in [0.25, 0.3) is 0 Å². The molecule has 1 aliphatic rings. The van der Waals surface area contributed by atoms with Crippen molar-refractivity contribution in [2.75, 3.05) is 0 Å². The molecular formula is C8H14O2. The third kappa shape index (κ3) is 1.58. The van der Waals surface area contributed by atoms with Gasteiger partial charge in [0.25, 0.3) is 0 Å². The van der Waals surface area contributed by atoms with Gasteiger partial charge in [0, 0.05) is 0 Å². The van der Waals surface area contributed by atoms with E-state index >= 15 is 0 Å². The fourth-order valence-electron chi connectivity index (χ4n) is 1.21. The molecule has 2 heteroatoms. The molecule has 1 fully saturated rings. The molecule has 0 bridgehead atoms. The molecule has 1 N–H and O–H groups in total. The number of hydrogen-bond acceptors (Lipinski definition) is 2. The van der Waals surface area contributed by atoms with Crippen LogP contribution < -0.4 is 0 Å². The fourth-order valence-corrected chi connectivity index (χ4v) is 1.21. The van der Waals surface area contributed by atoms with E-state index in [9.17, 15) is 0 Å². The molecule has 0 spiro atoms. The first-order valence-electron chi connectivity index (χ1n) is 3.75. The molecule has 58 valence electrons. The zero-order chi connectivity index (χ0) is 7.56. The smallest absolute Gasteiger partial charge is 0.177 e. The maximum atomic E-state index is 9.07. The van der Waals surface area contributed by atoms with Gasteiger partial charge in [0.15, 0.2) is 6.29 Å².